The van der Waals surface area contributed by atoms with E-state index < -0.39 is 78.1 Å². The predicted molar refractivity (Wildman–Crippen MR) is 189 cm³/mol. The van der Waals surface area contributed by atoms with E-state index in [9.17, 15) is 33.9 Å². The molecule has 0 fully saturated rings. The van der Waals surface area contributed by atoms with Gasteiger partial charge in [0, 0.05) is 25.9 Å². The molecule has 0 radical (unpaired) electrons. The van der Waals surface area contributed by atoms with E-state index in [-0.39, 0.29) is 57.1 Å². The number of carbonyl (C=O) groups is 6. The number of aliphatic carboxylic acids is 1. The summed E-state index contributed by atoms with van der Waals surface area (Å²) in [7, 11) is 1.18. The topological polar surface area (TPSA) is 335 Å². The first-order valence-corrected chi connectivity index (χ1v) is 16.5. The number of ether oxygens (including phenoxy) is 1. The maximum Gasteiger partial charge on any atom is 0.328 e. The van der Waals surface area contributed by atoms with Crippen LogP contribution in [0.2, 0.25) is 0 Å². The zero-order valence-electron chi connectivity index (χ0n) is 29.3. The molecule has 5 atom stereocenters. The molecule has 284 valence electrons. The molecule has 1 rings (SSSR count). The van der Waals surface area contributed by atoms with Crippen molar-refractivity contribution in [2.45, 2.75) is 89.0 Å². The normalized spacial score (nSPS) is 13.7. The van der Waals surface area contributed by atoms with Gasteiger partial charge in [0.1, 0.15) is 24.2 Å². The fourth-order valence-corrected chi connectivity index (χ4v) is 4.75. The number of esters is 1. The number of hydrogen-bond donors (Lipinski definition) is 10. The summed E-state index contributed by atoms with van der Waals surface area (Å²) in [5, 5.41) is 19.6. The standard InChI is InChI=1S/C32H53N11O8/c1-18(2)25(29(49)42-23(30(50)51-3)17-19-9-5-4-6-10-19)43-28(48)22(13-14-24(44)45)41-27(47)21(12-8-16-39-32(36)37)40-26(46)20(33)11-7-15-38-31(34)35/h4-6,9-10,18,20-23,25H,7-8,11-17,33H2,1-3H3,(H,40,46)(H,41,47)(H,42,49)(H,43,48)(H,44,45)(H4,34,35,38)(H4,36,37,39). The third-order valence-electron chi connectivity index (χ3n) is 7.49. The van der Waals surface area contributed by atoms with Crippen molar-refractivity contribution < 1.29 is 38.6 Å². The van der Waals surface area contributed by atoms with Crippen molar-refractivity contribution in [1.82, 2.24) is 21.3 Å². The highest BCUT2D eigenvalue weighted by Gasteiger charge is 2.33. The summed E-state index contributed by atoms with van der Waals surface area (Å²) < 4.78 is 4.87. The third kappa shape index (κ3) is 17.7. The Labute approximate surface area is 296 Å². The van der Waals surface area contributed by atoms with E-state index in [2.05, 4.69) is 31.3 Å². The molecule has 0 aromatic heterocycles. The van der Waals surface area contributed by atoms with Crippen molar-refractivity contribution in [3.63, 3.8) is 0 Å². The highest BCUT2D eigenvalue weighted by atomic mass is 16.5. The number of aliphatic imine (C=N–C) groups is 2. The predicted octanol–water partition coefficient (Wildman–Crippen LogP) is -2.70. The van der Waals surface area contributed by atoms with Gasteiger partial charge in [0.2, 0.25) is 23.6 Å². The fraction of sp³-hybridized carbons (Fsp3) is 0.562. The average molecular weight is 720 g/mol. The van der Waals surface area contributed by atoms with Crippen molar-refractivity contribution in [2.75, 3.05) is 20.2 Å². The Morgan fingerprint density at radius 1 is 0.725 bits per heavy atom. The minimum absolute atomic E-state index is 0.0235. The van der Waals surface area contributed by atoms with Crippen LogP contribution in [0.15, 0.2) is 40.3 Å². The monoisotopic (exact) mass is 719 g/mol. The lowest BCUT2D eigenvalue weighted by atomic mass is 10.00. The summed E-state index contributed by atoms with van der Waals surface area (Å²) in [5.74, 6) is -5.77. The van der Waals surface area contributed by atoms with Gasteiger partial charge in [0.05, 0.1) is 13.2 Å². The number of carbonyl (C=O) groups excluding carboxylic acids is 5. The van der Waals surface area contributed by atoms with Crippen LogP contribution in [0.25, 0.3) is 0 Å². The van der Waals surface area contributed by atoms with Gasteiger partial charge in [-0.15, -0.1) is 0 Å². The van der Waals surface area contributed by atoms with Crippen molar-refractivity contribution in [1.29, 1.82) is 0 Å². The summed E-state index contributed by atoms with van der Waals surface area (Å²) >= 11 is 0. The molecular weight excluding hydrogens is 666 g/mol. The zero-order valence-corrected chi connectivity index (χ0v) is 29.3. The molecule has 0 heterocycles. The molecule has 1 aromatic carbocycles. The highest BCUT2D eigenvalue weighted by Crippen LogP contribution is 2.10. The Balaban J connectivity index is 3.19. The molecule has 0 bridgehead atoms. The van der Waals surface area contributed by atoms with Gasteiger partial charge in [-0.1, -0.05) is 44.2 Å². The molecule has 4 amide bonds. The second kappa shape index (κ2) is 23.0. The van der Waals surface area contributed by atoms with Crippen molar-refractivity contribution in [2.24, 2.45) is 44.6 Å². The lowest BCUT2D eigenvalue weighted by molar-refractivity contribution is -0.145. The van der Waals surface area contributed by atoms with Crippen LogP contribution >= 0.6 is 0 Å². The van der Waals surface area contributed by atoms with Crippen LogP contribution in [0.5, 0.6) is 0 Å². The quantitative estimate of drug-likeness (QED) is 0.0238. The first kappa shape index (κ1) is 43.6. The van der Waals surface area contributed by atoms with Crippen LogP contribution in [-0.2, 0) is 39.9 Å². The summed E-state index contributed by atoms with van der Waals surface area (Å²) in [4.78, 5) is 85.2. The van der Waals surface area contributed by atoms with E-state index in [1.807, 2.05) is 0 Å². The van der Waals surface area contributed by atoms with Crippen molar-refractivity contribution in [3.8, 4) is 0 Å². The van der Waals surface area contributed by atoms with E-state index in [0.717, 1.165) is 5.56 Å². The molecule has 0 saturated heterocycles. The summed E-state index contributed by atoms with van der Waals surface area (Å²) in [6.07, 6.45) is 0.0821. The van der Waals surface area contributed by atoms with E-state index in [1.54, 1.807) is 44.2 Å². The fourth-order valence-electron chi connectivity index (χ4n) is 4.75. The molecule has 1 aromatic rings. The molecule has 0 spiro atoms. The van der Waals surface area contributed by atoms with Crippen LogP contribution in [0, 0.1) is 5.92 Å². The number of rotatable bonds is 23. The Morgan fingerprint density at radius 3 is 1.76 bits per heavy atom. The summed E-state index contributed by atoms with van der Waals surface area (Å²) in [6.45, 7) is 3.67. The molecular formula is C32H53N11O8. The Kier molecular flexibility index (Phi) is 19.7. The Bertz CT molecular complexity index is 1370. The largest absolute Gasteiger partial charge is 0.481 e. The number of methoxy groups -OCH3 is 1. The molecule has 0 aliphatic rings. The lowest BCUT2D eigenvalue weighted by Crippen LogP contribution is -2.59. The molecule has 0 aliphatic heterocycles. The number of nitrogens with two attached hydrogens (primary N) is 5. The first-order chi connectivity index (χ1) is 24.0. The number of nitrogens with one attached hydrogen (secondary N) is 4. The van der Waals surface area contributed by atoms with Gasteiger partial charge in [-0.3, -0.25) is 34.0 Å². The maximum atomic E-state index is 13.6. The van der Waals surface area contributed by atoms with Crippen LogP contribution in [0.3, 0.4) is 0 Å². The molecule has 0 aliphatic carbocycles. The highest BCUT2D eigenvalue weighted by molar-refractivity contribution is 5.95. The zero-order chi connectivity index (χ0) is 38.5. The molecule has 15 N–H and O–H groups in total. The number of nitrogens with zero attached hydrogens (tertiary/aromatic N) is 2. The second-order valence-electron chi connectivity index (χ2n) is 12.1. The summed E-state index contributed by atoms with van der Waals surface area (Å²) in [6, 6.07) is 2.95. The van der Waals surface area contributed by atoms with Crippen LogP contribution in [-0.4, -0.2) is 103 Å². The molecule has 19 heteroatoms. The smallest absolute Gasteiger partial charge is 0.328 e. The number of guanidine groups is 2. The van der Waals surface area contributed by atoms with E-state index in [4.69, 9.17) is 33.4 Å². The SMILES string of the molecule is COC(=O)C(Cc1ccccc1)NC(=O)C(NC(=O)C(CCC(=O)O)NC(=O)C(CCCN=C(N)N)NC(=O)C(N)CCCN=C(N)N)C(C)C. The molecule has 5 unspecified atom stereocenters. The summed E-state index contributed by atoms with van der Waals surface area (Å²) in [5.41, 5.74) is 28.2. The van der Waals surface area contributed by atoms with Gasteiger partial charge in [0.25, 0.3) is 0 Å². The number of carboxylic acids is 1. The van der Waals surface area contributed by atoms with E-state index in [1.165, 1.54) is 7.11 Å². The van der Waals surface area contributed by atoms with Crippen LogP contribution < -0.4 is 49.9 Å². The third-order valence-corrected chi connectivity index (χ3v) is 7.49. The second-order valence-corrected chi connectivity index (χ2v) is 12.1. The number of benzene rings is 1. The Morgan fingerprint density at radius 2 is 1.24 bits per heavy atom. The maximum absolute atomic E-state index is 13.6. The van der Waals surface area contributed by atoms with Crippen LogP contribution in [0.1, 0.15) is 57.9 Å². The molecule has 19 nitrogen and oxygen atoms in total. The average Bonchev–Trinajstić information content (AvgIpc) is 3.07. The van der Waals surface area contributed by atoms with E-state index >= 15 is 0 Å². The van der Waals surface area contributed by atoms with Gasteiger partial charge in [-0.05, 0) is 43.6 Å². The first-order valence-electron chi connectivity index (χ1n) is 16.5. The van der Waals surface area contributed by atoms with Gasteiger partial charge in [-0.2, -0.15) is 0 Å². The van der Waals surface area contributed by atoms with E-state index in [0.29, 0.717) is 6.42 Å². The minimum Gasteiger partial charge on any atom is -0.481 e. The van der Waals surface area contributed by atoms with Crippen molar-refractivity contribution >= 4 is 47.5 Å². The lowest BCUT2D eigenvalue weighted by Gasteiger charge is -2.28. The van der Waals surface area contributed by atoms with Crippen molar-refractivity contribution in [3.05, 3.63) is 35.9 Å². The number of amides is 4. The van der Waals surface area contributed by atoms with Gasteiger partial charge >= 0.3 is 11.9 Å². The van der Waals surface area contributed by atoms with Gasteiger partial charge in [0.15, 0.2) is 11.9 Å². The minimum atomic E-state index is -1.44. The van der Waals surface area contributed by atoms with Gasteiger partial charge in [-0.25, -0.2) is 4.79 Å². The molecule has 0 saturated carbocycles. The van der Waals surface area contributed by atoms with Crippen LogP contribution in [0.4, 0.5) is 0 Å². The van der Waals surface area contributed by atoms with Gasteiger partial charge < -0.3 is 59.8 Å². The molecule has 51 heavy (non-hydrogen) atoms. The number of carboxylic acid groups (broad SMARTS) is 1. The number of hydrogen-bond acceptors (Lipinski definition) is 10. The Hall–Kier alpha value is -5.46.